The molecule has 5 atom stereocenters. The van der Waals surface area contributed by atoms with Gasteiger partial charge in [-0.15, -0.1) is 0 Å². The molecule has 1 aromatic heterocycles. The van der Waals surface area contributed by atoms with E-state index in [1.807, 2.05) is 6.07 Å². The summed E-state index contributed by atoms with van der Waals surface area (Å²) in [6, 6.07) is 5.36. The maximum Gasteiger partial charge on any atom is 1.00 e. The molecule has 2 aromatic rings. The Balaban J connectivity index is 0.00000261. The molecular weight excluding hydrogens is 461 g/mol. The zero-order valence-electron chi connectivity index (χ0n) is 14.0. The molecule has 0 spiro atoms. The number of aliphatic hydroxyl groups excluding tert-OH is 3. The molecule has 0 bridgehead atoms. The van der Waals surface area contributed by atoms with E-state index in [0.717, 1.165) is 9.99 Å². The van der Waals surface area contributed by atoms with E-state index in [0.29, 0.717) is 11.1 Å². The van der Waals surface area contributed by atoms with Gasteiger partial charge < -0.3 is 34.3 Å². The molecule has 1 aromatic carbocycles. The van der Waals surface area contributed by atoms with Crippen LogP contribution in [0.25, 0.3) is 10.9 Å². The molecule has 13 heteroatoms. The van der Waals surface area contributed by atoms with Crippen molar-refractivity contribution in [3.05, 3.63) is 28.9 Å². The van der Waals surface area contributed by atoms with Crippen molar-refractivity contribution in [2.75, 3.05) is 6.61 Å². The van der Waals surface area contributed by atoms with Gasteiger partial charge in [-0.25, -0.2) is 8.42 Å². The molecule has 0 radical (unpaired) electrons. The molecule has 0 aliphatic carbocycles. The van der Waals surface area contributed by atoms with E-state index in [4.69, 9.17) is 9.47 Å². The van der Waals surface area contributed by atoms with Crippen LogP contribution in [0.4, 0.5) is 0 Å². The summed E-state index contributed by atoms with van der Waals surface area (Å²) in [5.74, 6) is 0.296. The normalized spacial score (nSPS) is 28.7. The van der Waals surface area contributed by atoms with Crippen LogP contribution in [0.5, 0.6) is 5.75 Å². The summed E-state index contributed by atoms with van der Waals surface area (Å²) in [5.41, 5.74) is 0.742. The summed E-state index contributed by atoms with van der Waals surface area (Å²) in [4.78, 5) is 2.96. The third kappa shape index (κ3) is 5.42. The molecule has 1 fully saturated rings. The van der Waals surface area contributed by atoms with Gasteiger partial charge in [0.05, 0.1) is 6.61 Å². The SMILES string of the molecule is O=S(=O)([O-])OC[C@H]1O[C@@H](Oc2c[nH]c3ccc(Br)cc23)[C@H](O)[C@@H](O)[C@H]1O.[Na+]. The van der Waals surface area contributed by atoms with E-state index < -0.39 is 47.7 Å². The number of aliphatic hydroxyl groups is 3. The molecular formula is C14H15BrNNaO9S. The third-order valence-electron chi connectivity index (χ3n) is 3.89. The van der Waals surface area contributed by atoms with Gasteiger partial charge in [0, 0.05) is 21.6 Å². The first-order valence-corrected chi connectivity index (χ1v) is 9.51. The molecule has 0 amide bonds. The summed E-state index contributed by atoms with van der Waals surface area (Å²) in [6.07, 6.45) is -6.33. The van der Waals surface area contributed by atoms with Crippen molar-refractivity contribution in [3.8, 4) is 5.75 Å². The average molecular weight is 476 g/mol. The summed E-state index contributed by atoms with van der Waals surface area (Å²) < 4.78 is 47.4. The molecule has 2 heterocycles. The van der Waals surface area contributed by atoms with Gasteiger partial charge in [-0.1, -0.05) is 15.9 Å². The van der Waals surface area contributed by atoms with E-state index in [9.17, 15) is 28.3 Å². The second kappa shape index (κ2) is 9.05. The molecule has 4 N–H and O–H groups in total. The van der Waals surface area contributed by atoms with Crippen molar-refractivity contribution in [1.82, 2.24) is 4.98 Å². The van der Waals surface area contributed by atoms with Crippen LogP contribution in [0.1, 0.15) is 0 Å². The topological polar surface area (TPSA) is 161 Å². The standard InChI is InChI=1S/C14H16BrNO9S.Na/c15-6-1-2-8-7(3-6)9(4-16-8)24-14-13(19)12(18)11(17)10(25-14)5-23-26(20,21)22;/h1-4,10-14,16-19H,5H2,(H,20,21,22);/q;+1/p-1/t10-,11+,12+,13-,14-;/m1./s1. The van der Waals surface area contributed by atoms with E-state index in [2.05, 4.69) is 25.1 Å². The van der Waals surface area contributed by atoms with Gasteiger partial charge in [0.15, 0.2) is 0 Å². The van der Waals surface area contributed by atoms with Gasteiger partial charge in [0.25, 0.3) is 0 Å². The van der Waals surface area contributed by atoms with Crippen LogP contribution in [-0.4, -0.2) is 70.6 Å². The number of ether oxygens (including phenoxy) is 2. The Bertz CT molecular complexity index is 892. The van der Waals surface area contributed by atoms with Crippen LogP contribution in [0.15, 0.2) is 28.9 Å². The fourth-order valence-electron chi connectivity index (χ4n) is 2.59. The Morgan fingerprint density at radius 2 is 1.93 bits per heavy atom. The molecule has 3 rings (SSSR count). The van der Waals surface area contributed by atoms with Crippen molar-refractivity contribution < 1.29 is 71.5 Å². The van der Waals surface area contributed by atoms with Crippen LogP contribution in [0.3, 0.4) is 0 Å². The van der Waals surface area contributed by atoms with Crippen molar-refractivity contribution in [2.45, 2.75) is 30.7 Å². The van der Waals surface area contributed by atoms with Gasteiger partial charge in [0.1, 0.15) is 30.2 Å². The summed E-state index contributed by atoms with van der Waals surface area (Å²) >= 11 is 3.33. The number of hydrogen-bond donors (Lipinski definition) is 4. The molecule has 144 valence electrons. The number of aromatic nitrogens is 1. The first kappa shape index (κ1) is 23.0. The minimum atomic E-state index is -5.02. The Morgan fingerprint density at radius 3 is 2.59 bits per heavy atom. The average Bonchev–Trinajstić information content (AvgIpc) is 2.95. The Labute approximate surface area is 184 Å². The van der Waals surface area contributed by atoms with Crippen LogP contribution in [0.2, 0.25) is 0 Å². The van der Waals surface area contributed by atoms with E-state index >= 15 is 0 Å². The third-order valence-corrected chi connectivity index (χ3v) is 4.81. The van der Waals surface area contributed by atoms with Crippen LogP contribution < -0.4 is 34.3 Å². The monoisotopic (exact) mass is 475 g/mol. The molecule has 1 aliphatic rings. The number of nitrogens with one attached hydrogen (secondary N) is 1. The molecule has 1 aliphatic heterocycles. The predicted octanol–water partition coefficient (Wildman–Crippen LogP) is -3.40. The van der Waals surface area contributed by atoms with Crippen molar-refractivity contribution in [1.29, 1.82) is 0 Å². The zero-order valence-corrected chi connectivity index (χ0v) is 18.4. The predicted molar refractivity (Wildman–Crippen MR) is 89.0 cm³/mol. The van der Waals surface area contributed by atoms with Gasteiger partial charge in [0.2, 0.25) is 16.7 Å². The maximum absolute atomic E-state index is 10.6. The first-order valence-electron chi connectivity index (χ1n) is 7.39. The molecule has 0 saturated carbocycles. The number of hydrogen-bond acceptors (Lipinski definition) is 9. The minimum Gasteiger partial charge on any atom is -0.726 e. The largest absolute Gasteiger partial charge is 1.00 e. The van der Waals surface area contributed by atoms with Crippen molar-refractivity contribution in [3.63, 3.8) is 0 Å². The van der Waals surface area contributed by atoms with Crippen LogP contribution >= 0.6 is 15.9 Å². The number of H-pyrrole nitrogens is 1. The molecule has 10 nitrogen and oxygen atoms in total. The fraction of sp³-hybridized carbons (Fsp3) is 0.429. The second-order valence-electron chi connectivity index (χ2n) is 5.67. The molecule has 0 unspecified atom stereocenters. The fourth-order valence-corrected chi connectivity index (χ4v) is 3.25. The zero-order chi connectivity index (χ0) is 19.1. The van der Waals surface area contributed by atoms with E-state index in [-0.39, 0.29) is 29.6 Å². The quantitative estimate of drug-likeness (QED) is 0.196. The van der Waals surface area contributed by atoms with Gasteiger partial charge in [-0.3, -0.25) is 4.18 Å². The summed E-state index contributed by atoms with van der Waals surface area (Å²) in [7, 11) is -5.02. The summed E-state index contributed by atoms with van der Waals surface area (Å²) in [6.45, 7) is -0.837. The Morgan fingerprint density at radius 1 is 1.22 bits per heavy atom. The Hall–Kier alpha value is -0.250. The number of fused-ring (bicyclic) bond motifs is 1. The van der Waals surface area contributed by atoms with Crippen molar-refractivity contribution in [2.24, 2.45) is 0 Å². The Kier molecular flexibility index (Phi) is 7.72. The molecule has 27 heavy (non-hydrogen) atoms. The van der Waals surface area contributed by atoms with Crippen LogP contribution in [-0.2, 0) is 19.3 Å². The first-order chi connectivity index (χ1) is 12.2. The van der Waals surface area contributed by atoms with Gasteiger partial charge >= 0.3 is 29.6 Å². The summed E-state index contributed by atoms with van der Waals surface area (Å²) in [5, 5.41) is 30.6. The van der Waals surface area contributed by atoms with E-state index in [1.165, 1.54) is 6.20 Å². The van der Waals surface area contributed by atoms with Gasteiger partial charge in [-0.05, 0) is 18.2 Å². The van der Waals surface area contributed by atoms with Gasteiger partial charge in [-0.2, -0.15) is 0 Å². The van der Waals surface area contributed by atoms with Crippen molar-refractivity contribution >= 4 is 37.2 Å². The van der Waals surface area contributed by atoms with Crippen LogP contribution in [0, 0.1) is 0 Å². The maximum atomic E-state index is 10.6. The minimum absolute atomic E-state index is 0. The van der Waals surface area contributed by atoms with E-state index in [1.54, 1.807) is 12.1 Å². The second-order valence-corrected chi connectivity index (χ2v) is 7.64. The number of halogens is 1. The number of benzene rings is 1. The molecule has 1 saturated heterocycles. The number of aromatic amines is 1. The smallest absolute Gasteiger partial charge is 0.726 e. The number of rotatable bonds is 5.